The van der Waals surface area contributed by atoms with Crippen molar-refractivity contribution in [1.82, 2.24) is 4.90 Å². The van der Waals surface area contributed by atoms with E-state index in [1.165, 1.54) is 6.92 Å². The molecule has 3 aliphatic carbocycles. The van der Waals surface area contributed by atoms with Crippen molar-refractivity contribution in [2.45, 2.75) is 33.8 Å². The zero-order valence-electron chi connectivity index (χ0n) is 14.5. The molecule has 11 heteroatoms. The minimum absolute atomic E-state index is 0.00628. The van der Waals surface area contributed by atoms with Gasteiger partial charge in [0.05, 0.1) is 28.4 Å². The Balaban J connectivity index is 1.64. The summed E-state index contributed by atoms with van der Waals surface area (Å²) in [5, 5.41) is 0.193. The number of imide groups is 1. The topological polar surface area (TPSA) is 63.7 Å². The van der Waals surface area contributed by atoms with Gasteiger partial charge >= 0.3 is 5.97 Å². The number of ether oxygens (including phenoxy) is 1. The number of nitrogens with zero attached hydrogens (tertiary/aromatic N) is 1. The lowest BCUT2D eigenvalue weighted by atomic mass is 9.65. The second-order valence-corrected chi connectivity index (χ2v) is 11.0. The second kappa shape index (κ2) is 6.54. The van der Waals surface area contributed by atoms with Gasteiger partial charge in [-0.05, 0) is 24.7 Å². The Kier molecular flexibility index (Phi) is 4.98. The Morgan fingerprint density at radius 2 is 1.43 bits per heavy atom. The number of rotatable bonds is 3. The van der Waals surface area contributed by atoms with Gasteiger partial charge in [0.25, 0.3) is 0 Å². The van der Waals surface area contributed by atoms with E-state index in [1.807, 2.05) is 0 Å². The molecule has 5 nitrogen and oxygen atoms in total. The van der Waals surface area contributed by atoms with Crippen LogP contribution >= 0.6 is 69.6 Å². The normalized spacial score (nSPS) is 43.5. The number of carbonyl (C=O) groups excluding carboxylic acids is 3. The van der Waals surface area contributed by atoms with Gasteiger partial charge in [-0.1, -0.05) is 46.4 Å². The Bertz CT molecular complexity index is 776. The first kappa shape index (κ1) is 21.3. The molecule has 1 heterocycles. The predicted octanol–water partition coefficient (Wildman–Crippen LogP) is 4.02. The highest BCUT2D eigenvalue weighted by atomic mass is 35.5. The molecule has 0 aromatic carbocycles. The number of alkyl halides is 4. The van der Waals surface area contributed by atoms with E-state index in [0.29, 0.717) is 0 Å². The van der Waals surface area contributed by atoms with Crippen LogP contribution in [-0.4, -0.2) is 49.9 Å². The summed E-state index contributed by atoms with van der Waals surface area (Å²) in [7, 11) is 0. The number of halogens is 6. The van der Waals surface area contributed by atoms with Gasteiger partial charge in [0.15, 0.2) is 4.33 Å². The number of allylic oxidation sites excluding steroid dienone is 2. The zero-order chi connectivity index (χ0) is 20.8. The first-order chi connectivity index (χ1) is 12.9. The quantitative estimate of drug-likeness (QED) is 0.327. The molecule has 0 spiro atoms. The smallest absolute Gasteiger partial charge is 0.302 e. The van der Waals surface area contributed by atoms with Crippen LogP contribution < -0.4 is 0 Å². The van der Waals surface area contributed by atoms with E-state index in [9.17, 15) is 14.4 Å². The molecule has 28 heavy (non-hydrogen) atoms. The average molecular weight is 510 g/mol. The monoisotopic (exact) mass is 507 g/mol. The number of carbonyl (C=O) groups is 3. The van der Waals surface area contributed by atoms with Crippen LogP contribution in [0.15, 0.2) is 10.1 Å². The summed E-state index contributed by atoms with van der Waals surface area (Å²) in [5.41, 5.74) is 0. The molecule has 6 atom stereocenters. The molecule has 0 aromatic heterocycles. The molecule has 2 amide bonds. The molecule has 1 saturated heterocycles. The minimum atomic E-state index is -1.67. The van der Waals surface area contributed by atoms with Crippen LogP contribution in [0, 0.1) is 23.7 Å². The second-order valence-electron chi connectivity index (χ2n) is 7.69. The zero-order valence-corrected chi connectivity index (χ0v) is 19.0. The Morgan fingerprint density at radius 1 is 1.00 bits per heavy atom. The third kappa shape index (κ3) is 2.32. The van der Waals surface area contributed by atoms with E-state index in [-0.39, 0.29) is 47.9 Å². The molecular weight excluding hydrogens is 495 g/mol. The largest absolute Gasteiger partial charge is 0.464 e. The summed E-state index contributed by atoms with van der Waals surface area (Å²) >= 11 is 39.6. The van der Waals surface area contributed by atoms with Gasteiger partial charge in [-0.2, -0.15) is 0 Å². The van der Waals surface area contributed by atoms with Crippen molar-refractivity contribution in [1.29, 1.82) is 0 Å². The third-order valence-electron chi connectivity index (χ3n) is 6.54. The number of amides is 2. The van der Waals surface area contributed by atoms with Crippen LogP contribution in [0.4, 0.5) is 0 Å². The summed E-state index contributed by atoms with van der Waals surface area (Å²) in [6.45, 7) is 1.21. The molecule has 1 aliphatic heterocycles. The van der Waals surface area contributed by atoms with E-state index in [2.05, 4.69) is 0 Å². The lowest BCUT2D eigenvalue weighted by Gasteiger charge is -2.42. The van der Waals surface area contributed by atoms with E-state index in [4.69, 9.17) is 74.3 Å². The summed E-state index contributed by atoms with van der Waals surface area (Å²) < 4.78 is 3.18. The maximum Gasteiger partial charge on any atom is 0.302 e. The van der Waals surface area contributed by atoms with Crippen molar-refractivity contribution in [2.24, 2.45) is 23.7 Å². The van der Waals surface area contributed by atoms with Gasteiger partial charge < -0.3 is 4.74 Å². The molecule has 0 aromatic rings. The minimum Gasteiger partial charge on any atom is -0.464 e. The van der Waals surface area contributed by atoms with Crippen molar-refractivity contribution >= 4 is 87.4 Å². The molecule has 154 valence electrons. The fraction of sp³-hybridized carbons (Fsp3) is 0.706. The van der Waals surface area contributed by atoms with E-state index >= 15 is 0 Å². The molecule has 2 bridgehead atoms. The Morgan fingerprint density at radius 3 is 1.82 bits per heavy atom. The van der Waals surface area contributed by atoms with Crippen molar-refractivity contribution in [3.8, 4) is 0 Å². The van der Waals surface area contributed by atoms with Crippen LogP contribution in [0.25, 0.3) is 0 Å². The van der Waals surface area contributed by atoms with E-state index < -0.39 is 43.7 Å². The lowest BCUT2D eigenvalue weighted by molar-refractivity contribution is -0.147. The SMILES string of the molecule is CC(=O)OCCN1C(=O)[C@@H]2C[C@@H]3[C@@H](C[C@H]2C1=O)[C@@]1(Cl)C(Cl)=C(Cl)[C@@]3(Cl)C1(Cl)Cl. The highest BCUT2D eigenvalue weighted by molar-refractivity contribution is 6.65. The van der Waals surface area contributed by atoms with Crippen LogP contribution in [0.3, 0.4) is 0 Å². The van der Waals surface area contributed by atoms with Crippen molar-refractivity contribution in [2.75, 3.05) is 13.2 Å². The third-order valence-corrected chi connectivity index (χ3v) is 10.9. The summed E-state index contributed by atoms with van der Waals surface area (Å²) in [5.74, 6) is -3.11. The summed E-state index contributed by atoms with van der Waals surface area (Å²) in [4.78, 5) is 34.9. The highest BCUT2D eigenvalue weighted by Gasteiger charge is 2.83. The van der Waals surface area contributed by atoms with Crippen molar-refractivity contribution in [3.05, 3.63) is 10.1 Å². The molecule has 4 aliphatic rings. The molecule has 3 fully saturated rings. The number of esters is 1. The summed E-state index contributed by atoms with van der Waals surface area (Å²) in [6.07, 6.45) is 0.535. The number of hydrogen-bond donors (Lipinski definition) is 0. The summed E-state index contributed by atoms with van der Waals surface area (Å²) in [6, 6.07) is 0. The molecular formula is C17H15Cl6NO4. The Hall–Kier alpha value is 0.0900. The first-order valence-corrected chi connectivity index (χ1v) is 11.0. The van der Waals surface area contributed by atoms with Gasteiger partial charge in [0, 0.05) is 6.92 Å². The van der Waals surface area contributed by atoms with Crippen molar-refractivity contribution in [3.63, 3.8) is 0 Å². The standard InChI is InChI=1S/C17H15Cl6NO4/c1-6(25)28-3-2-24-13(26)7-4-9-10(5-8(7)14(24)27)16(21)12(19)11(18)15(9,20)17(16,22)23/h7-10H,2-5H2,1H3/t7-,8-,9-,10-,15-,16-/m1/s1. The Labute approximate surface area is 191 Å². The van der Waals surface area contributed by atoms with Crippen molar-refractivity contribution < 1.29 is 19.1 Å². The van der Waals surface area contributed by atoms with E-state index in [0.717, 1.165) is 4.90 Å². The molecule has 0 N–H and O–H groups in total. The molecule has 4 rings (SSSR count). The van der Waals surface area contributed by atoms with Gasteiger partial charge in [0.2, 0.25) is 11.8 Å². The van der Waals surface area contributed by atoms with Gasteiger partial charge in [-0.15, -0.1) is 23.2 Å². The number of fused-ring (bicyclic) bond motifs is 6. The van der Waals surface area contributed by atoms with E-state index in [1.54, 1.807) is 0 Å². The first-order valence-electron chi connectivity index (χ1n) is 8.71. The van der Waals surface area contributed by atoms with Crippen LogP contribution in [-0.2, 0) is 19.1 Å². The van der Waals surface area contributed by atoms with Crippen LogP contribution in [0.1, 0.15) is 19.8 Å². The van der Waals surface area contributed by atoms with Gasteiger partial charge in [0.1, 0.15) is 16.4 Å². The van der Waals surface area contributed by atoms with Crippen LogP contribution in [0.2, 0.25) is 0 Å². The molecule has 0 radical (unpaired) electrons. The highest BCUT2D eigenvalue weighted by Crippen LogP contribution is 2.79. The number of hydrogen-bond acceptors (Lipinski definition) is 4. The fourth-order valence-electron chi connectivity index (χ4n) is 5.29. The number of likely N-dealkylation sites (tertiary alicyclic amines) is 1. The molecule has 0 unspecified atom stereocenters. The maximum atomic E-state index is 12.9. The fourth-order valence-corrected chi connectivity index (χ4v) is 8.40. The average Bonchev–Trinajstić information content (AvgIpc) is 2.98. The predicted molar refractivity (Wildman–Crippen MR) is 107 cm³/mol. The van der Waals surface area contributed by atoms with Crippen LogP contribution in [0.5, 0.6) is 0 Å². The lowest BCUT2D eigenvalue weighted by Crippen LogP contribution is -2.44. The molecule has 2 saturated carbocycles. The van der Waals surface area contributed by atoms with Gasteiger partial charge in [-0.25, -0.2) is 0 Å². The van der Waals surface area contributed by atoms with Gasteiger partial charge in [-0.3, -0.25) is 19.3 Å². The maximum absolute atomic E-state index is 12.9.